The van der Waals surface area contributed by atoms with Crippen LogP contribution in [0, 0.1) is 0 Å². The summed E-state index contributed by atoms with van der Waals surface area (Å²) < 4.78 is 2.14. The Morgan fingerprint density at radius 1 is 1.31 bits per heavy atom. The van der Waals surface area contributed by atoms with Crippen LogP contribution in [0.1, 0.15) is 6.42 Å². The van der Waals surface area contributed by atoms with Crippen molar-refractivity contribution in [3.63, 3.8) is 0 Å². The van der Waals surface area contributed by atoms with Crippen molar-refractivity contribution in [2.24, 2.45) is 0 Å². The third kappa shape index (κ3) is 3.07. The van der Waals surface area contributed by atoms with Gasteiger partial charge in [-0.2, -0.15) is 0 Å². The van der Waals surface area contributed by atoms with Gasteiger partial charge in [-0.1, -0.05) is 22.6 Å². The summed E-state index contributed by atoms with van der Waals surface area (Å²) in [6, 6.07) is 0. The van der Waals surface area contributed by atoms with Crippen molar-refractivity contribution in [1.82, 2.24) is 4.90 Å². The van der Waals surface area contributed by atoms with Gasteiger partial charge in [0, 0.05) is 24.1 Å². The SMILES string of the molecule is OC(CCI)CN1CC[N+]2(CC1)CC(O)C2. The summed E-state index contributed by atoms with van der Waals surface area (Å²) in [6.07, 6.45) is 0.678. The Labute approximate surface area is 111 Å². The van der Waals surface area contributed by atoms with Gasteiger partial charge in [0.2, 0.25) is 0 Å². The van der Waals surface area contributed by atoms with Gasteiger partial charge in [-0.25, -0.2) is 0 Å². The molecular formula is C11H22IN2O2+. The smallest absolute Gasteiger partial charge is 0.152 e. The van der Waals surface area contributed by atoms with Crippen LogP contribution < -0.4 is 0 Å². The van der Waals surface area contributed by atoms with E-state index in [1.807, 2.05) is 0 Å². The van der Waals surface area contributed by atoms with Gasteiger partial charge in [-0.3, -0.25) is 4.90 Å². The topological polar surface area (TPSA) is 43.7 Å². The Bertz CT molecular complexity index is 224. The van der Waals surface area contributed by atoms with Crippen molar-refractivity contribution in [3.8, 4) is 0 Å². The van der Waals surface area contributed by atoms with Crippen molar-refractivity contribution in [1.29, 1.82) is 0 Å². The summed E-state index contributed by atoms with van der Waals surface area (Å²) >= 11 is 2.31. The first-order chi connectivity index (χ1) is 7.63. The number of aliphatic hydroxyl groups is 2. The van der Waals surface area contributed by atoms with E-state index in [-0.39, 0.29) is 12.2 Å². The summed E-state index contributed by atoms with van der Waals surface area (Å²) in [5.41, 5.74) is 0. The number of nitrogens with zero attached hydrogens (tertiary/aromatic N) is 2. The first-order valence-corrected chi connectivity index (χ1v) is 7.66. The summed E-state index contributed by atoms with van der Waals surface area (Å²) in [5.74, 6) is 0. The number of halogens is 1. The molecule has 0 aromatic rings. The fourth-order valence-electron chi connectivity index (χ4n) is 2.83. The fraction of sp³-hybridized carbons (Fsp3) is 1.00. The average molecular weight is 341 g/mol. The quantitative estimate of drug-likeness (QED) is 0.419. The number of quaternary nitrogens is 1. The molecule has 1 unspecified atom stereocenters. The molecule has 2 N–H and O–H groups in total. The molecule has 0 aliphatic carbocycles. The third-order valence-electron chi connectivity index (χ3n) is 3.89. The molecule has 2 saturated heterocycles. The fourth-order valence-corrected chi connectivity index (χ4v) is 3.55. The van der Waals surface area contributed by atoms with Crippen LogP contribution in [0.3, 0.4) is 0 Å². The van der Waals surface area contributed by atoms with Crippen molar-refractivity contribution >= 4 is 22.6 Å². The van der Waals surface area contributed by atoms with Crippen molar-refractivity contribution in [3.05, 3.63) is 0 Å². The van der Waals surface area contributed by atoms with Crippen LogP contribution in [0.15, 0.2) is 0 Å². The molecule has 2 rings (SSSR count). The second kappa shape index (κ2) is 5.48. The van der Waals surface area contributed by atoms with E-state index in [4.69, 9.17) is 0 Å². The molecule has 1 atom stereocenters. The van der Waals surface area contributed by atoms with Gasteiger partial charge in [0.15, 0.2) is 6.10 Å². The van der Waals surface area contributed by atoms with Gasteiger partial charge in [0.25, 0.3) is 0 Å². The van der Waals surface area contributed by atoms with Crippen LogP contribution in [0.25, 0.3) is 0 Å². The predicted molar refractivity (Wildman–Crippen MR) is 71.7 cm³/mol. The molecule has 2 aliphatic rings. The van der Waals surface area contributed by atoms with Crippen molar-refractivity contribution < 1.29 is 14.7 Å². The highest BCUT2D eigenvalue weighted by Gasteiger charge is 2.44. The molecule has 1 spiro atoms. The number of rotatable bonds is 4. The maximum Gasteiger partial charge on any atom is 0.152 e. The highest BCUT2D eigenvalue weighted by molar-refractivity contribution is 14.1. The summed E-state index contributed by atoms with van der Waals surface area (Å²) in [6.45, 7) is 7.16. The molecule has 0 aromatic heterocycles. The van der Waals surface area contributed by atoms with E-state index in [2.05, 4.69) is 27.5 Å². The average Bonchev–Trinajstić information content (AvgIpc) is 2.20. The second-order valence-corrected chi connectivity index (χ2v) is 6.32. The number of aliphatic hydroxyl groups excluding tert-OH is 2. The van der Waals surface area contributed by atoms with Crippen molar-refractivity contribution in [2.75, 3.05) is 50.2 Å². The minimum absolute atomic E-state index is 0.0591. The molecule has 0 radical (unpaired) electrons. The van der Waals surface area contributed by atoms with Crippen LogP contribution >= 0.6 is 22.6 Å². The zero-order valence-corrected chi connectivity index (χ0v) is 11.8. The van der Waals surface area contributed by atoms with Crippen LogP contribution in [0.5, 0.6) is 0 Å². The van der Waals surface area contributed by atoms with E-state index in [1.165, 1.54) is 0 Å². The van der Waals surface area contributed by atoms with E-state index < -0.39 is 0 Å². The minimum Gasteiger partial charge on any atom is -0.392 e. The zero-order chi connectivity index (χ0) is 11.6. The summed E-state index contributed by atoms with van der Waals surface area (Å²) in [4.78, 5) is 2.37. The molecule has 2 fully saturated rings. The Balaban J connectivity index is 1.69. The molecule has 0 amide bonds. The van der Waals surface area contributed by atoms with Crippen LogP contribution in [-0.4, -0.2) is 82.0 Å². The van der Waals surface area contributed by atoms with Gasteiger partial charge in [0.05, 0.1) is 19.2 Å². The Hall–Kier alpha value is 0.570. The molecule has 0 saturated carbocycles. The molecular weight excluding hydrogens is 319 g/mol. The first-order valence-electron chi connectivity index (χ1n) is 6.13. The highest BCUT2D eigenvalue weighted by Crippen LogP contribution is 2.23. The summed E-state index contributed by atoms with van der Waals surface area (Å²) in [5, 5.41) is 19.1. The largest absolute Gasteiger partial charge is 0.392 e. The van der Waals surface area contributed by atoms with E-state index >= 15 is 0 Å². The lowest BCUT2D eigenvalue weighted by Crippen LogP contribution is -2.72. The number of piperazine rings is 1. The predicted octanol–water partition coefficient (Wildman–Crippen LogP) is -0.321. The Morgan fingerprint density at radius 3 is 2.44 bits per heavy atom. The van der Waals surface area contributed by atoms with Crippen LogP contribution in [0.4, 0.5) is 0 Å². The lowest BCUT2D eigenvalue weighted by molar-refractivity contribution is -0.975. The molecule has 0 bridgehead atoms. The normalized spacial score (nSPS) is 27.9. The van der Waals surface area contributed by atoms with Crippen LogP contribution in [0.2, 0.25) is 0 Å². The Kier molecular flexibility index (Phi) is 4.45. The number of hydrogen-bond acceptors (Lipinski definition) is 3. The van der Waals surface area contributed by atoms with Gasteiger partial charge in [0.1, 0.15) is 13.1 Å². The number of β-amino-alcohol motifs (C(OH)–C–C–N with tert-alkyl or cyclic N) is 1. The number of alkyl halides is 1. The summed E-state index contributed by atoms with van der Waals surface area (Å²) in [7, 11) is 0. The lowest BCUT2D eigenvalue weighted by atomic mass is 10.0. The van der Waals surface area contributed by atoms with Gasteiger partial charge in [-0.15, -0.1) is 0 Å². The molecule has 16 heavy (non-hydrogen) atoms. The van der Waals surface area contributed by atoms with Crippen LogP contribution in [-0.2, 0) is 0 Å². The minimum atomic E-state index is -0.162. The first kappa shape index (κ1) is 13.0. The highest BCUT2D eigenvalue weighted by atomic mass is 127. The van der Waals surface area contributed by atoms with E-state index in [1.54, 1.807) is 0 Å². The third-order valence-corrected chi connectivity index (χ3v) is 4.51. The van der Waals surface area contributed by atoms with E-state index in [0.717, 1.165) is 61.1 Å². The molecule has 94 valence electrons. The van der Waals surface area contributed by atoms with Gasteiger partial charge < -0.3 is 14.7 Å². The van der Waals surface area contributed by atoms with E-state index in [9.17, 15) is 10.2 Å². The maximum atomic E-state index is 9.75. The van der Waals surface area contributed by atoms with Crippen molar-refractivity contribution in [2.45, 2.75) is 18.6 Å². The zero-order valence-electron chi connectivity index (χ0n) is 9.69. The number of hydrogen-bond donors (Lipinski definition) is 2. The molecule has 5 heteroatoms. The standard InChI is InChI=1S/C11H22IN2O2/c12-2-1-10(15)7-13-3-5-14(6-4-13)8-11(16)9-14/h10-11,15-16H,1-9H2/q+1. The molecule has 2 aliphatic heterocycles. The molecule has 4 nitrogen and oxygen atoms in total. The van der Waals surface area contributed by atoms with Gasteiger partial charge in [-0.05, 0) is 6.42 Å². The maximum absolute atomic E-state index is 9.75. The second-order valence-electron chi connectivity index (χ2n) is 5.24. The molecule has 0 aromatic carbocycles. The van der Waals surface area contributed by atoms with E-state index in [0.29, 0.717) is 0 Å². The van der Waals surface area contributed by atoms with Gasteiger partial charge >= 0.3 is 0 Å². The molecule has 2 heterocycles. The Morgan fingerprint density at radius 2 is 1.94 bits per heavy atom. The monoisotopic (exact) mass is 341 g/mol. The lowest BCUT2D eigenvalue weighted by Gasteiger charge is -2.52.